The molecule has 2 bridgehead atoms. The molecule has 3 aliphatic rings. The standard InChI is InChI=1S/C20H20BrClN2O4/c1-3-27-13-8-12(16(21)17(22)18(13)28-4-2)9-23-24-19(25)14-10-5-6-11(7-10)15(14)20(24)26/h5-6,8-11,14-15H,3-4,7H2,1-2H3. The number of carbonyl (C=O) groups is 2. The largest absolute Gasteiger partial charge is 0.490 e. The van der Waals surface area contributed by atoms with Crippen LogP contribution in [0.1, 0.15) is 25.8 Å². The van der Waals surface area contributed by atoms with E-state index in [9.17, 15) is 9.59 Å². The van der Waals surface area contributed by atoms with Gasteiger partial charge >= 0.3 is 0 Å². The van der Waals surface area contributed by atoms with Gasteiger partial charge in [0.25, 0.3) is 11.8 Å². The van der Waals surface area contributed by atoms with E-state index in [-0.39, 0.29) is 35.5 Å². The second-order valence-electron chi connectivity index (χ2n) is 7.02. The van der Waals surface area contributed by atoms with Gasteiger partial charge in [-0.05, 0) is 54.1 Å². The highest BCUT2D eigenvalue weighted by atomic mass is 79.9. The first kappa shape index (κ1) is 19.5. The van der Waals surface area contributed by atoms with Crippen LogP contribution in [0.5, 0.6) is 11.5 Å². The fourth-order valence-electron chi connectivity index (χ4n) is 4.36. The van der Waals surface area contributed by atoms with Gasteiger partial charge in [-0.2, -0.15) is 10.1 Å². The molecule has 8 heteroatoms. The van der Waals surface area contributed by atoms with Gasteiger partial charge in [-0.15, -0.1) is 0 Å². The Hall–Kier alpha value is -1.86. The molecule has 4 unspecified atom stereocenters. The van der Waals surface area contributed by atoms with Crippen molar-refractivity contribution in [2.45, 2.75) is 20.3 Å². The number of rotatable bonds is 6. The van der Waals surface area contributed by atoms with Gasteiger partial charge in [-0.3, -0.25) is 9.59 Å². The van der Waals surface area contributed by atoms with Gasteiger partial charge in [0.15, 0.2) is 11.5 Å². The van der Waals surface area contributed by atoms with Crippen LogP contribution >= 0.6 is 27.5 Å². The minimum atomic E-state index is -0.272. The summed E-state index contributed by atoms with van der Waals surface area (Å²) >= 11 is 9.87. The van der Waals surface area contributed by atoms with E-state index in [4.69, 9.17) is 21.1 Å². The molecule has 1 aromatic rings. The summed E-state index contributed by atoms with van der Waals surface area (Å²) in [6.45, 7) is 4.60. The Kier molecular flexibility index (Phi) is 5.22. The molecule has 1 aromatic carbocycles. The van der Waals surface area contributed by atoms with E-state index in [2.05, 4.69) is 33.2 Å². The Balaban J connectivity index is 1.63. The van der Waals surface area contributed by atoms with E-state index >= 15 is 0 Å². The van der Waals surface area contributed by atoms with Crippen molar-refractivity contribution in [2.75, 3.05) is 13.2 Å². The van der Waals surface area contributed by atoms with Crippen molar-refractivity contribution in [3.63, 3.8) is 0 Å². The number of carbonyl (C=O) groups excluding carboxylic acids is 2. The molecule has 1 heterocycles. The minimum Gasteiger partial charge on any atom is -0.490 e. The van der Waals surface area contributed by atoms with E-state index in [1.807, 2.05) is 13.8 Å². The fourth-order valence-corrected chi connectivity index (χ4v) is 5.01. The Morgan fingerprint density at radius 2 is 1.79 bits per heavy atom. The molecule has 0 aromatic heterocycles. The van der Waals surface area contributed by atoms with Crippen molar-refractivity contribution in [1.82, 2.24) is 5.01 Å². The monoisotopic (exact) mass is 466 g/mol. The SMILES string of the molecule is CCOc1cc(C=NN2C(=O)C3C4C=CC(C4)C3C2=O)c(Br)c(Cl)c1OCC. The lowest BCUT2D eigenvalue weighted by Gasteiger charge is -2.15. The predicted octanol–water partition coefficient (Wildman–Crippen LogP) is 4.04. The smallest absolute Gasteiger partial charge is 0.254 e. The Bertz CT molecular complexity index is 871. The van der Waals surface area contributed by atoms with Crippen LogP contribution in [0.3, 0.4) is 0 Å². The minimum absolute atomic E-state index is 0.155. The van der Waals surface area contributed by atoms with Crippen molar-refractivity contribution in [3.8, 4) is 11.5 Å². The lowest BCUT2D eigenvalue weighted by Crippen LogP contribution is -2.28. The number of hydrogen-bond donors (Lipinski definition) is 0. The van der Waals surface area contributed by atoms with Crippen LogP contribution < -0.4 is 9.47 Å². The zero-order valence-electron chi connectivity index (χ0n) is 15.5. The third-order valence-electron chi connectivity index (χ3n) is 5.50. The Morgan fingerprint density at radius 1 is 1.18 bits per heavy atom. The number of halogens is 2. The fraction of sp³-hybridized carbons (Fsp3) is 0.450. The molecule has 0 radical (unpaired) electrons. The van der Waals surface area contributed by atoms with Crippen LogP contribution in [0.4, 0.5) is 0 Å². The molecule has 28 heavy (non-hydrogen) atoms. The number of hydrazone groups is 1. The number of imide groups is 1. The second kappa shape index (κ2) is 7.52. The lowest BCUT2D eigenvalue weighted by atomic mass is 9.85. The Morgan fingerprint density at radius 3 is 2.36 bits per heavy atom. The van der Waals surface area contributed by atoms with Gasteiger partial charge in [0.2, 0.25) is 0 Å². The van der Waals surface area contributed by atoms with Crippen molar-refractivity contribution in [1.29, 1.82) is 0 Å². The van der Waals surface area contributed by atoms with E-state index in [0.29, 0.717) is 39.8 Å². The number of ether oxygens (including phenoxy) is 2. The average molecular weight is 468 g/mol. The molecular formula is C20H20BrClN2O4. The number of amides is 2. The number of allylic oxidation sites excluding steroid dienone is 2. The van der Waals surface area contributed by atoms with Crippen LogP contribution in [0.15, 0.2) is 27.8 Å². The van der Waals surface area contributed by atoms with Gasteiger partial charge in [0.05, 0.1) is 31.3 Å². The van der Waals surface area contributed by atoms with Gasteiger partial charge in [0.1, 0.15) is 5.02 Å². The molecule has 4 rings (SSSR count). The molecule has 2 aliphatic carbocycles. The zero-order valence-corrected chi connectivity index (χ0v) is 17.9. The highest BCUT2D eigenvalue weighted by Crippen LogP contribution is 2.52. The number of fused-ring (bicyclic) bond motifs is 5. The molecule has 2 amide bonds. The van der Waals surface area contributed by atoms with E-state index < -0.39 is 0 Å². The molecule has 0 N–H and O–H groups in total. The average Bonchev–Trinajstić information content (AvgIpc) is 3.35. The molecule has 1 saturated heterocycles. The first-order valence-electron chi connectivity index (χ1n) is 9.35. The van der Waals surface area contributed by atoms with Crippen LogP contribution in [-0.2, 0) is 9.59 Å². The molecule has 0 spiro atoms. The van der Waals surface area contributed by atoms with Gasteiger partial charge < -0.3 is 9.47 Å². The van der Waals surface area contributed by atoms with E-state index in [0.717, 1.165) is 11.4 Å². The molecule has 4 atom stereocenters. The van der Waals surface area contributed by atoms with Crippen molar-refractivity contribution in [2.24, 2.45) is 28.8 Å². The molecule has 6 nitrogen and oxygen atoms in total. The molecule has 2 fully saturated rings. The maximum Gasteiger partial charge on any atom is 0.254 e. The van der Waals surface area contributed by atoms with Crippen LogP contribution in [0, 0.1) is 23.7 Å². The number of nitrogens with zero attached hydrogens (tertiary/aromatic N) is 2. The van der Waals surface area contributed by atoms with E-state index in [1.165, 1.54) is 6.21 Å². The maximum atomic E-state index is 12.7. The van der Waals surface area contributed by atoms with Crippen molar-refractivity contribution >= 4 is 45.6 Å². The normalized spacial score (nSPS) is 27.9. The van der Waals surface area contributed by atoms with E-state index in [1.54, 1.807) is 6.07 Å². The zero-order chi connectivity index (χ0) is 20.0. The first-order valence-corrected chi connectivity index (χ1v) is 10.5. The van der Waals surface area contributed by atoms with Crippen LogP contribution in [-0.4, -0.2) is 36.3 Å². The Labute approximate surface area is 176 Å². The predicted molar refractivity (Wildman–Crippen MR) is 109 cm³/mol. The lowest BCUT2D eigenvalue weighted by molar-refractivity contribution is -0.140. The first-order chi connectivity index (χ1) is 13.5. The summed E-state index contributed by atoms with van der Waals surface area (Å²) in [4.78, 5) is 25.5. The second-order valence-corrected chi connectivity index (χ2v) is 8.19. The van der Waals surface area contributed by atoms with Gasteiger partial charge in [0, 0.05) is 10.0 Å². The summed E-state index contributed by atoms with van der Waals surface area (Å²) in [5.41, 5.74) is 0.593. The third kappa shape index (κ3) is 2.95. The number of benzene rings is 1. The maximum absolute atomic E-state index is 12.7. The van der Waals surface area contributed by atoms with Crippen molar-refractivity contribution in [3.05, 3.63) is 33.3 Å². The summed E-state index contributed by atoms with van der Waals surface area (Å²) in [5, 5.41) is 5.58. The van der Waals surface area contributed by atoms with Gasteiger partial charge in [-0.25, -0.2) is 0 Å². The molecule has 1 saturated carbocycles. The number of hydrogen-bond acceptors (Lipinski definition) is 5. The summed E-state index contributed by atoms with van der Waals surface area (Å²) in [6, 6.07) is 1.73. The highest BCUT2D eigenvalue weighted by molar-refractivity contribution is 9.10. The topological polar surface area (TPSA) is 68.2 Å². The molecule has 1 aliphatic heterocycles. The highest BCUT2D eigenvalue weighted by Gasteiger charge is 2.59. The summed E-state index contributed by atoms with van der Waals surface area (Å²) < 4.78 is 11.8. The molecule has 148 valence electrons. The summed E-state index contributed by atoms with van der Waals surface area (Å²) in [6.07, 6.45) is 6.46. The van der Waals surface area contributed by atoms with Crippen LogP contribution in [0.2, 0.25) is 5.02 Å². The van der Waals surface area contributed by atoms with Gasteiger partial charge in [-0.1, -0.05) is 23.8 Å². The summed E-state index contributed by atoms with van der Waals surface area (Å²) in [5.74, 6) is 0.253. The van der Waals surface area contributed by atoms with Crippen molar-refractivity contribution < 1.29 is 19.1 Å². The van der Waals surface area contributed by atoms with Crippen LogP contribution in [0.25, 0.3) is 0 Å². The third-order valence-corrected chi connectivity index (χ3v) is 6.95. The quantitative estimate of drug-likeness (QED) is 0.360. The summed E-state index contributed by atoms with van der Waals surface area (Å²) in [7, 11) is 0. The molecular weight excluding hydrogens is 448 g/mol.